The van der Waals surface area contributed by atoms with Crippen molar-refractivity contribution in [2.75, 3.05) is 11.9 Å². The van der Waals surface area contributed by atoms with Crippen LogP contribution in [0.1, 0.15) is 38.2 Å². The molecule has 9 nitrogen and oxygen atoms in total. The Hall–Kier alpha value is -3.41. The van der Waals surface area contributed by atoms with Gasteiger partial charge in [0.2, 0.25) is 0 Å². The molecule has 0 aromatic heterocycles. The standard InChI is InChI=1S/C19H20N4O5/c1-12(16(25)21-14-7-3-2-6-13(14)10-20)28-15(24)11-23-17(26)19(22-18(23)27)8-4-5-9-19/h2-3,6-7,12H,4-5,8-9,11H2,1H3,(H,21,25)(H,22,27)/t12-/m1/s1. The molecular formula is C19H20N4O5. The van der Waals surface area contributed by atoms with Crippen molar-refractivity contribution in [2.24, 2.45) is 0 Å². The average molecular weight is 384 g/mol. The topological polar surface area (TPSA) is 129 Å². The van der Waals surface area contributed by atoms with Crippen molar-refractivity contribution in [1.82, 2.24) is 10.2 Å². The van der Waals surface area contributed by atoms with Crippen LogP contribution >= 0.6 is 0 Å². The number of nitrogens with one attached hydrogen (secondary N) is 2. The van der Waals surface area contributed by atoms with E-state index in [1.54, 1.807) is 24.3 Å². The molecule has 28 heavy (non-hydrogen) atoms. The lowest BCUT2D eigenvalue weighted by Crippen LogP contribution is -2.44. The van der Waals surface area contributed by atoms with Crippen LogP contribution in [-0.2, 0) is 19.1 Å². The average Bonchev–Trinajstić information content (AvgIpc) is 3.23. The lowest BCUT2D eigenvalue weighted by molar-refractivity contribution is -0.155. The molecule has 9 heteroatoms. The van der Waals surface area contributed by atoms with E-state index in [2.05, 4.69) is 10.6 Å². The summed E-state index contributed by atoms with van der Waals surface area (Å²) in [6.07, 6.45) is 1.62. The molecule has 1 aromatic rings. The number of urea groups is 1. The molecule has 2 fully saturated rings. The van der Waals surface area contributed by atoms with Crippen molar-refractivity contribution >= 4 is 29.5 Å². The minimum Gasteiger partial charge on any atom is -0.451 e. The smallest absolute Gasteiger partial charge is 0.327 e. The van der Waals surface area contributed by atoms with E-state index in [0.717, 1.165) is 17.7 Å². The maximum atomic E-state index is 12.5. The summed E-state index contributed by atoms with van der Waals surface area (Å²) in [6.45, 7) is 0.811. The van der Waals surface area contributed by atoms with E-state index < -0.39 is 42.0 Å². The Labute approximate surface area is 161 Å². The molecule has 1 atom stereocenters. The van der Waals surface area contributed by atoms with Gasteiger partial charge < -0.3 is 15.4 Å². The quantitative estimate of drug-likeness (QED) is 0.581. The van der Waals surface area contributed by atoms with Gasteiger partial charge >= 0.3 is 12.0 Å². The van der Waals surface area contributed by atoms with Crippen LogP contribution in [0.3, 0.4) is 0 Å². The predicted molar refractivity (Wildman–Crippen MR) is 96.8 cm³/mol. The summed E-state index contributed by atoms with van der Waals surface area (Å²) in [4.78, 5) is 49.8. The number of nitriles is 1. The van der Waals surface area contributed by atoms with E-state index >= 15 is 0 Å². The highest BCUT2D eigenvalue weighted by Crippen LogP contribution is 2.34. The second-order valence-corrected chi connectivity index (χ2v) is 6.89. The third-order valence-electron chi connectivity index (χ3n) is 4.97. The summed E-state index contributed by atoms with van der Waals surface area (Å²) in [5.41, 5.74) is -0.327. The highest BCUT2D eigenvalue weighted by molar-refractivity contribution is 6.09. The number of esters is 1. The first kappa shape index (κ1) is 19.4. The maximum absolute atomic E-state index is 12.5. The Balaban J connectivity index is 1.57. The van der Waals surface area contributed by atoms with E-state index in [4.69, 9.17) is 10.00 Å². The van der Waals surface area contributed by atoms with Gasteiger partial charge in [-0.25, -0.2) is 4.79 Å². The predicted octanol–water partition coefficient (Wildman–Crippen LogP) is 1.29. The molecule has 1 saturated heterocycles. The number of ether oxygens (including phenoxy) is 1. The fraction of sp³-hybridized carbons (Fsp3) is 0.421. The van der Waals surface area contributed by atoms with Crippen LogP contribution in [-0.4, -0.2) is 46.9 Å². The van der Waals surface area contributed by atoms with Gasteiger partial charge in [0.15, 0.2) is 6.10 Å². The van der Waals surface area contributed by atoms with Crippen LogP contribution in [0.2, 0.25) is 0 Å². The molecule has 2 N–H and O–H groups in total. The van der Waals surface area contributed by atoms with E-state index in [0.29, 0.717) is 18.5 Å². The minimum absolute atomic E-state index is 0.274. The molecule has 0 bridgehead atoms. The minimum atomic E-state index is -1.17. The highest BCUT2D eigenvalue weighted by atomic mass is 16.5. The molecule has 1 aromatic carbocycles. The number of rotatable bonds is 5. The summed E-state index contributed by atoms with van der Waals surface area (Å²) in [5.74, 6) is -1.91. The molecule has 146 valence electrons. The monoisotopic (exact) mass is 384 g/mol. The Morgan fingerprint density at radius 2 is 2.00 bits per heavy atom. The van der Waals surface area contributed by atoms with Crippen molar-refractivity contribution in [1.29, 1.82) is 5.26 Å². The lowest BCUT2D eigenvalue weighted by Gasteiger charge is -2.20. The zero-order chi connectivity index (χ0) is 20.3. The van der Waals surface area contributed by atoms with E-state index in [1.807, 2.05) is 6.07 Å². The Morgan fingerprint density at radius 1 is 1.32 bits per heavy atom. The van der Waals surface area contributed by atoms with Gasteiger partial charge in [-0.3, -0.25) is 19.3 Å². The van der Waals surface area contributed by atoms with Gasteiger partial charge in [-0.15, -0.1) is 0 Å². The molecule has 0 radical (unpaired) electrons. The molecule has 4 amide bonds. The van der Waals surface area contributed by atoms with Gasteiger partial charge in [0, 0.05) is 0 Å². The summed E-state index contributed by atoms with van der Waals surface area (Å²) < 4.78 is 5.06. The molecule has 1 heterocycles. The van der Waals surface area contributed by atoms with Crippen LogP contribution in [0.4, 0.5) is 10.5 Å². The second-order valence-electron chi connectivity index (χ2n) is 6.89. The van der Waals surface area contributed by atoms with Crippen LogP contribution in [0.15, 0.2) is 24.3 Å². The van der Waals surface area contributed by atoms with Crippen LogP contribution in [0.25, 0.3) is 0 Å². The number of benzene rings is 1. The highest BCUT2D eigenvalue weighted by Gasteiger charge is 2.52. The van der Waals surface area contributed by atoms with Crippen molar-refractivity contribution in [3.8, 4) is 6.07 Å². The molecule has 2 aliphatic rings. The van der Waals surface area contributed by atoms with Gasteiger partial charge in [-0.05, 0) is 31.9 Å². The van der Waals surface area contributed by atoms with Gasteiger partial charge in [-0.1, -0.05) is 25.0 Å². The number of imide groups is 1. The Bertz CT molecular complexity index is 869. The molecule has 1 aliphatic carbocycles. The zero-order valence-corrected chi connectivity index (χ0v) is 15.4. The molecule has 1 aliphatic heterocycles. The fourth-order valence-corrected chi connectivity index (χ4v) is 3.48. The number of anilines is 1. The third kappa shape index (κ3) is 3.67. The number of nitrogens with zero attached hydrogens (tertiary/aromatic N) is 2. The van der Waals surface area contributed by atoms with Gasteiger partial charge in [0.05, 0.1) is 11.3 Å². The molecule has 3 rings (SSSR count). The van der Waals surface area contributed by atoms with Gasteiger partial charge in [-0.2, -0.15) is 5.26 Å². The summed E-state index contributed by atoms with van der Waals surface area (Å²) in [5, 5.41) is 14.2. The molecule has 1 saturated carbocycles. The normalized spacial score (nSPS) is 18.5. The molecule has 0 unspecified atom stereocenters. The lowest BCUT2D eigenvalue weighted by atomic mass is 9.98. The zero-order valence-electron chi connectivity index (χ0n) is 15.4. The molecular weight excluding hydrogens is 364 g/mol. The van der Waals surface area contributed by atoms with Crippen molar-refractivity contribution in [3.63, 3.8) is 0 Å². The first-order valence-electron chi connectivity index (χ1n) is 9.00. The number of hydrogen-bond donors (Lipinski definition) is 2. The van der Waals surface area contributed by atoms with Crippen molar-refractivity contribution in [2.45, 2.75) is 44.2 Å². The SMILES string of the molecule is C[C@@H](OC(=O)CN1C(=O)NC2(CCCC2)C1=O)C(=O)Nc1ccccc1C#N. The largest absolute Gasteiger partial charge is 0.451 e. The second kappa shape index (κ2) is 7.68. The number of carbonyl (C=O) groups excluding carboxylic acids is 4. The Morgan fingerprint density at radius 3 is 2.68 bits per heavy atom. The van der Waals surface area contributed by atoms with E-state index in [1.165, 1.54) is 6.92 Å². The molecule has 1 spiro atoms. The van der Waals surface area contributed by atoms with Crippen LogP contribution in [0, 0.1) is 11.3 Å². The number of carbonyl (C=O) groups is 4. The van der Waals surface area contributed by atoms with E-state index in [-0.39, 0.29) is 5.56 Å². The fourth-order valence-electron chi connectivity index (χ4n) is 3.48. The van der Waals surface area contributed by atoms with E-state index in [9.17, 15) is 19.2 Å². The van der Waals surface area contributed by atoms with Crippen LogP contribution < -0.4 is 10.6 Å². The van der Waals surface area contributed by atoms with Crippen molar-refractivity contribution in [3.05, 3.63) is 29.8 Å². The Kier molecular flexibility index (Phi) is 5.31. The summed E-state index contributed by atoms with van der Waals surface area (Å²) in [7, 11) is 0. The number of para-hydroxylation sites is 1. The van der Waals surface area contributed by atoms with Gasteiger partial charge in [0.1, 0.15) is 18.2 Å². The number of amides is 4. The van der Waals surface area contributed by atoms with Gasteiger partial charge in [0.25, 0.3) is 11.8 Å². The number of hydrogen-bond acceptors (Lipinski definition) is 6. The first-order valence-corrected chi connectivity index (χ1v) is 9.00. The summed E-state index contributed by atoms with van der Waals surface area (Å²) in [6, 6.07) is 7.75. The third-order valence-corrected chi connectivity index (χ3v) is 4.97. The maximum Gasteiger partial charge on any atom is 0.327 e. The first-order chi connectivity index (χ1) is 13.4. The van der Waals surface area contributed by atoms with Crippen LogP contribution in [0.5, 0.6) is 0 Å². The summed E-state index contributed by atoms with van der Waals surface area (Å²) >= 11 is 0. The van der Waals surface area contributed by atoms with Crippen molar-refractivity contribution < 1.29 is 23.9 Å².